The smallest absolute Gasteiger partial charge is 0.264 e. The van der Waals surface area contributed by atoms with Crippen molar-refractivity contribution in [2.24, 2.45) is 0 Å². The molecule has 0 aromatic heterocycles. The lowest BCUT2D eigenvalue weighted by Gasteiger charge is -2.34. The van der Waals surface area contributed by atoms with Crippen LogP contribution in [-0.4, -0.2) is 43.8 Å². The number of carbonyl (C=O) groups excluding carboxylic acids is 2. The SMILES string of the molecule is CC[C@H](C(=O)NC1CCCCC1)N(Cc1ccc(Cl)cc1Cl)C(=O)CN(c1ccc(Cl)cc1Cl)S(=O)(=O)c1ccccc1. The van der Waals surface area contributed by atoms with Crippen LogP contribution in [0.2, 0.25) is 20.1 Å². The maximum atomic E-state index is 14.3. The second-order valence-electron chi connectivity index (χ2n) is 10.4. The minimum absolute atomic E-state index is 0.0224. The van der Waals surface area contributed by atoms with Crippen molar-refractivity contribution < 1.29 is 18.0 Å². The normalized spacial score (nSPS) is 14.6. The second-order valence-corrected chi connectivity index (χ2v) is 14.0. The number of nitrogens with zero attached hydrogens (tertiary/aromatic N) is 2. The van der Waals surface area contributed by atoms with Gasteiger partial charge in [-0.15, -0.1) is 0 Å². The van der Waals surface area contributed by atoms with E-state index in [0.717, 1.165) is 36.4 Å². The average molecular weight is 686 g/mol. The highest BCUT2D eigenvalue weighted by atomic mass is 35.5. The molecular formula is C31H33Cl4N3O4S. The van der Waals surface area contributed by atoms with Crippen molar-refractivity contribution in [2.45, 2.75) is 69.0 Å². The van der Waals surface area contributed by atoms with Crippen LogP contribution in [0.4, 0.5) is 5.69 Å². The number of halogens is 4. The zero-order chi connectivity index (χ0) is 31.1. The highest BCUT2D eigenvalue weighted by Crippen LogP contribution is 2.33. The number of rotatable bonds is 11. The molecule has 0 spiro atoms. The number of amides is 2. The Morgan fingerprint density at radius 1 is 0.884 bits per heavy atom. The molecule has 4 rings (SSSR count). The summed E-state index contributed by atoms with van der Waals surface area (Å²) in [5.41, 5.74) is 0.637. The van der Waals surface area contributed by atoms with E-state index in [1.54, 1.807) is 36.4 Å². The molecule has 2 amide bonds. The van der Waals surface area contributed by atoms with Crippen molar-refractivity contribution in [3.8, 4) is 0 Å². The van der Waals surface area contributed by atoms with Gasteiger partial charge >= 0.3 is 0 Å². The Balaban J connectivity index is 1.74. The molecule has 1 atom stereocenters. The van der Waals surface area contributed by atoms with Gasteiger partial charge in [0.05, 0.1) is 15.6 Å². The van der Waals surface area contributed by atoms with Gasteiger partial charge in [0.2, 0.25) is 11.8 Å². The molecule has 0 bridgehead atoms. The van der Waals surface area contributed by atoms with Crippen LogP contribution in [0.15, 0.2) is 71.6 Å². The number of carbonyl (C=O) groups is 2. The second kappa shape index (κ2) is 15.0. The molecule has 0 unspecified atom stereocenters. The van der Waals surface area contributed by atoms with Crippen molar-refractivity contribution in [3.63, 3.8) is 0 Å². The van der Waals surface area contributed by atoms with Crippen LogP contribution in [0.5, 0.6) is 0 Å². The largest absolute Gasteiger partial charge is 0.352 e. The minimum Gasteiger partial charge on any atom is -0.352 e. The standard InChI is InChI=1S/C31H33Cl4N3O4S/c1-2-28(31(40)36-24-9-5-3-6-10-24)37(19-21-13-14-22(32)17-26(21)34)30(39)20-38(29-16-15-23(33)18-27(29)35)43(41,42)25-11-7-4-8-12-25/h4,7-8,11-18,24,28H,2-3,5-6,9-10,19-20H2,1H3,(H,36,40)/t28-/m1/s1. The summed E-state index contributed by atoms with van der Waals surface area (Å²) in [5, 5.41) is 4.22. The van der Waals surface area contributed by atoms with Gasteiger partial charge in [-0.2, -0.15) is 0 Å². The van der Waals surface area contributed by atoms with E-state index in [1.807, 2.05) is 6.92 Å². The van der Waals surface area contributed by atoms with E-state index in [1.165, 1.54) is 35.2 Å². The predicted octanol–water partition coefficient (Wildman–Crippen LogP) is 7.75. The molecule has 0 heterocycles. The van der Waals surface area contributed by atoms with Gasteiger partial charge in [0.15, 0.2) is 0 Å². The lowest BCUT2D eigenvalue weighted by molar-refractivity contribution is -0.140. The van der Waals surface area contributed by atoms with Gasteiger partial charge < -0.3 is 10.2 Å². The van der Waals surface area contributed by atoms with Crippen molar-refractivity contribution in [2.75, 3.05) is 10.8 Å². The third-order valence-electron chi connectivity index (χ3n) is 7.48. The van der Waals surface area contributed by atoms with E-state index < -0.39 is 28.5 Å². The number of nitrogens with one attached hydrogen (secondary N) is 1. The Morgan fingerprint density at radius 2 is 1.51 bits per heavy atom. The number of hydrogen-bond acceptors (Lipinski definition) is 4. The fourth-order valence-electron chi connectivity index (χ4n) is 5.21. The monoisotopic (exact) mass is 683 g/mol. The predicted molar refractivity (Wildman–Crippen MR) is 174 cm³/mol. The Morgan fingerprint density at radius 3 is 2.12 bits per heavy atom. The lowest BCUT2D eigenvalue weighted by atomic mass is 9.95. The third-order valence-corrected chi connectivity index (χ3v) is 10.4. The molecule has 1 N–H and O–H groups in total. The summed E-state index contributed by atoms with van der Waals surface area (Å²) in [7, 11) is -4.27. The van der Waals surface area contributed by atoms with Crippen molar-refractivity contribution in [3.05, 3.63) is 92.4 Å². The van der Waals surface area contributed by atoms with Gasteiger partial charge in [-0.25, -0.2) is 8.42 Å². The van der Waals surface area contributed by atoms with Crippen LogP contribution in [0.1, 0.15) is 51.0 Å². The summed E-state index contributed by atoms with van der Waals surface area (Å²) >= 11 is 25.2. The lowest BCUT2D eigenvalue weighted by Crippen LogP contribution is -2.54. The highest BCUT2D eigenvalue weighted by molar-refractivity contribution is 7.92. The van der Waals surface area contributed by atoms with Crippen LogP contribution in [0.25, 0.3) is 0 Å². The molecule has 0 aliphatic heterocycles. The summed E-state index contributed by atoms with van der Waals surface area (Å²) in [6.07, 6.45) is 5.22. The molecule has 43 heavy (non-hydrogen) atoms. The molecule has 0 saturated heterocycles. The van der Waals surface area contributed by atoms with Crippen molar-refractivity contribution in [1.82, 2.24) is 10.2 Å². The highest BCUT2D eigenvalue weighted by Gasteiger charge is 2.35. The molecule has 3 aromatic carbocycles. The van der Waals surface area contributed by atoms with Crippen molar-refractivity contribution in [1.29, 1.82) is 0 Å². The molecule has 1 fully saturated rings. The first kappa shape index (κ1) is 33.4. The van der Waals surface area contributed by atoms with Crippen LogP contribution < -0.4 is 9.62 Å². The molecule has 0 radical (unpaired) electrons. The summed E-state index contributed by atoms with van der Waals surface area (Å²) < 4.78 is 28.9. The van der Waals surface area contributed by atoms with E-state index in [-0.39, 0.29) is 34.1 Å². The van der Waals surface area contributed by atoms with Crippen LogP contribution in [0.3, 0.4) is 0 Å². The third kappa shape index (κ3) is 8.37. The van der Waals surface area contributed by atoms with E-state index in [9.17, 15) is 18.0 Å². The van der Waals surface area contributed by atoms with Gasteiger partial charge in [-0.3, -0.25) is 13.9 Å². The Hall–Kier alpha value is -2.49. The van der Waals surface area contributed by atoms with E-state index in [4.69, 9.17) is 46.4 Å². The van der Waals surface area contributed by atoms with Gasteiger partial charge in [0.1, 0.15) is 12.6 Å². The molecule has 7 nitrogen and oxygen atoms in total. The van der Waals surface area contributed by atoms with Gasteiger partial charge in [0.25, 0.3) is 10.0 Å². The maximum absolute atomic E-state index is 14.3. The molecule has 1 aliphatic rings. The van der Waals surface area contributed by atoms with Gasteiger partial charge in [-0.05, 0) is 67.3 Å². The Bertz CT molecular complexity index is 1550. The molecular weight excluding hydrogens is 652 g/mol. The first-order valence-electron chi connectivity index (χ1n) is 14.1. The molecule has 1 saturated carbocycles. The first-order chi connectivity index (χ1) is 20.5. The topological polar surface area (TPSA) is 86.8 Å². The molecule has 12 heteroatoms. The molecule has 3 aromatic rings. The van der Waals surface area contributed by atoms with Gasteiger partial charge in [-0.1, -0.05) is 96.9 Å². The molecule has 1 aliphatic carbocycles. The summed E-state index contributed by atoms with van der Waals surface area (Å²) in [6.45, 7) is 1.14. The Kier molecular flexibility index (Phi) is 11.6. The van der Waals surface area contributed by atoms with Crippen LogP contribution in [0, 0.1) is 0 Å². The fraction of sp³-hybridized carbons (Fsp3) is 0.355. The minimum atomic E-state index is -4.27. The van der Waals surface area contributed by atoms with Gasteiger partial charge in [0, 0.05) is 27.7 Å². The zero-order valence-corrected chi connectivity index (χ0v) is 27.5. The number of benzene rings is 3. The van der Waals surface area contributed by atoms with Crippen molar-refractivity contribution >= 4 is 73.9 Å². The molecule has 230 valence electrons. The summed E-state index contributed by atoms with van der Waals surface area (Å²) in [5.74, 6) is -0.906. The summed E-state index contributed by atoms with van der Waals surface area (Å²) in [6, 6.07) is 16.1. The van der Waals surface area contributed by atoms with Crippen LogP contribution in [-0.2, 0) is 26.2 Å². The first-order valence-corrected chi connectivity index (χ1v) is 17.0. The number of hydrogen-bond donors (Lipinski definition) is 1. The maximum Gasteiger partial charge on any atom is 0.264 e. The average Bonchev–Trinajstić information content (AvgIpc) is 2.98. The summed E-state index contributed by atoms with van der Waals surface area (Å²) in [4.78, 5) is 29.3. The van der Waals surface area contributed by atoms with E-state index in [2.05, 4.69) is 5.32 Å². The zero-order valence-electron chi connectivity index (χ0n) is 23.6. The van der Waals surface area contributed by atoms with E-state index in [0.29, 0.717) is 27.1 Å². The quantitative estimate of drug-likeness (QED) is 0.224. The van der Waals surface area contributed by atoms with Crippen LogP contribution >= 0.6 is 46.4 Å². The number of anilines is 1. The van der Waals surface area contributed by atoms with E-state index >= 15 is 0 Å². The Labute approximate surface area is 273 Å². The fourth-order valence-corrected chi connectivity index (χ4v) is 7.70. The number of sulfonamides is 1.